The molecule has 0 fully saturated rings. The molecule has 6 heteroatoms. The molecule has 2 heterocycles. The fraction of sp³-hybridized carbons (Fsp3) is 0. The first-order valence-electron chi connectivity index (χ1n) is 9.97. The summed E-state index contributed by atoms with van der Waals surface area (Å²) in [5.74, 6) is 1.24. The number of benzene rings is 4. The van der Waals surface area contributed by atoms with Gasteiger partial charge in [0.25, 0.3) is 0 Å². The van der Waals surface area contributed by atoms with Gasteiger partial charge < -0.3 is 19.0 Å². The zero-order valence-corrected chi connectivity index (χ0v) is 16.8. The smallest absolute Gasteiger partial charge is 0.231 e. The van der Waals surface area contributed by atoms with Crippen molar-refractivity contribution < 1.29 is 19.0 Å². The Morgan fingerprint density at radius 3 is 1.25 bits per heavy atom. The number of phenols is 2. The van der Waals surface area contributed by atoms with Crippen LogP contribution in [0, 0.1) is 0 Å². The van der Waals surface area contributed by atoms with Crippen LogP contribution in [-0.2, 0) is 0 Å². The lowest BCUT2D eigenvalue weighted by Crippen LogP contribution is -1.77. The second-order valence-electron chi connectivity index (χ2n) is 7.01. The third kappa shape index (κ3) is 3.77. The van der Waals surface area contributed by atoms with Gasteiger partial charge in [-0.15, -0.1) is 0 Å². The minimum absolute atomic E-state index is 0.175. The molecular formula is C26H18N2O4. The number of rotatable bonds is 2. The predicted octanol–water partition coefficient (Wildman–Crippen LogP) is 6.40. The summed E-state index contributed by atoms with van der Waals surface area (Å²) in [6.07, 6.45) is 0. The number of aromatic nitrogens is 2. The summed E-state index contributed by atoms with van der Waals surface area (Å²) in [6.45, 7) is 0. The fourth-order valence-electron chi connectivity index (χ4n) is 3.28. The van der Waals surface area contributed by atoms with Crippen LogP contribution in [0.3, 0.4) is 0 Å². The minimum Gasteiger partial charge on any atom is -0.507 e. The summed E-state index contributed by atoms with van der Waals surface area (Å²) in [5.41, 5.74) is 4.25. The van der Waals surface area contributed by atoms with Crippen LogP contribution < -0.4 is 0 Å². The number of fused-ring (bicyclic) bond motifs is 2. The highest BCUT2D eigenvalue weighted by molar-refractivity contribution is 5.78. The highest BCUT2D eigenvalue weighted by Crippen LogP contribution is 2.31. The molecule has 0 amide bonds. The van der Waals surface area contributed by atoms with Crippen molar-refractivity contribution in [2.45, 2.75) is 0 Å². The topological polar surface area (TPSA) is 92.5 Å². The Hall–Kier alpha value is -4.58. The average molecular weight is 422 g/mol. The summed E-state index contributed by atoms with van der Waals surface area (Å²) >= 11 is 0. The lowest BCUT2D eigenvalue weighted by Gasteiger charge is -1.97. The van der Waals surface area contributed by atoms with Gasteiger partial charge in [0.2, 0.25) is 11.8 Å². The van der Waals surface area contributed by atoms with E-state index in [1.54, 1.807) is 36.4 Å². The van der Waals surface area contributed by atoms with Gasteiger partial charge in [0.1, 0.15) is 22.5 Å². The van der Waals surface area contributed by atoms with Crippen LogP contribution in [0.15, 0.2) is 106 Å². The third-order valence-electron chi connectivity index (χ3n) is 4.86. The lowest BCUT2D eigenvalue weighted by molar-refractivity contribution is 0.473. The van der Waals surface area contributed by atoms with Gasteiger partial charge in [0, 0.05) is 0 Å². The maximum absolute atomic E-state index is 9.69. The summed E-state index contributed by atoms with van der Waals surface area (Å²) in [4.78, 5) is 8.63. The Balaban J connectivity index is 0.000000135. The van der Waals surface area contributed by atoms with E-state index in [0.717, 1.165) is 22.2 Å². The molecule has 156 valence electrons. The van der Waals surface area contributed by atoms with Gasteiger partial charge in [0.05, 0.1) is 11.1 Å². The van der Waals surface area contributed by atoms with Crippen LogP contribution in [0.4, 0.5) is 0 Å². The molecule has 0 aliphatic heterocycles. The van der Waals surface area contributed by atoms with E-state index in [0.29, 0.717) is 22.9 Å². The molecule has 4 aromatic carbocycles. The molecule has 0 atom stereocenters. The minimum atomic E-state index is 0.175. The first-order chi connectivity index (χ1) is 15.7. The van der Waals surface area contributed by atoms with Gasteiger partial charge in [-0.05, 0) is 48.5 Å². The Morgan fingerprint density at radius 2 is 0.844 bits per heavy atom. The maximum Gasteiger partial charge on any atom is 0.231 e. The van der Waals surface area contributed by atoms with Crippen molar-refractivity contribution in [3.05, 3.63) is 97.1 Å². The van der Waals surface area contributed by atoms with Crippen LogP contribution in [0.25, 0.3) is 45.1 Å². The van der Waals surface area contributed by atoms with Crippen LogP contribution in [-0.4, -0.2) is 20.2 Å². The predicted molar refractivity (Wildman–Crippen MR) is 122 cm³/mol. The van der Waals surface area contributed by atoms with Crippen molar-refractivity contribution in [3.8, 4) is 34.4 Å². The molecule has 0 spiro atoms. The number of hydrogen-bond acceptors (Lipinski definition) is 6. The molecule has 32 heavy (non-hydrogen) atoms. The van der Waals surface area contributed by atoms with Crippen LogP contribution in [0.1, 0.15) is 0 Å². The largest absolute Gasteiger partial charge is 0.507 e. The molecular weight excluding hydrogens is 404 g/mol. The second kappa shape index (κ2) is 8.28. The van der Waals surface area contributed by atoms with E-state index < -0.39 is 0 Å². The maximum atomic E-state index is 9.69. The highest BCUT2D eigenvalue weighted by atomic mass is 16.4. The quantitative estimate of drug-likeness (QED) is 0.335. The van der Waals surface area contributed by atoms with E-state index >= 15 is 0 Å². The Morgan fingerprint density at radius 1 is 0.469 bits per heavy atom. The molecule has 0 saturated carbocycles. The van der Waals surface area contributed by atoms with Gasteiger partial charge in [-0.3, -0.25) is 0 Å². The Bertz CT molecular complexity index is 1340. The van der Waals surface area contributed by atoms with E-state index in [2.05, 4.69) is 9.97 Å². The molecule has 0 unspecified atom stereocenters. The fourth-order valence-corrected chi connectivity index (χ4v) is 3.28. The van der Waals surface area contributed by atoms with Crippen molar-refractivity contribution >= 4 is 22.2 Å². The lowest BCUT2D eigenvalue weighted by atomic mass is 10.2. The zero-order chi connectivity index (χ0) is 21.9. The number of aromatic hydroxyl groups is 2. The van der Waals surface area contributed by atoms with E-state index in [-0.39, 0.29) is 11.5 Å². The van der Waals surface area contributed by atoms with Gasteiger partial charge in [0.15, 0.2) is 11.2 Å². The van der Waals surface area contributed by atoms with Crippen molar-refractivity contribution in [2.75, 3.05) is 0 Å². The van der Waals surface area contributed by atoms with Gasteiger partial charge in [-0.25, -0.2) is 9.97 Å². The molecule has 0 bridgehead atoms. The second-order valence-corrected chi connectivity index (χ2v) is 7.01. The van der Waals surface area contributed by atoms with Crippen molar-refractivity contribution in [1.29, 1.82) is 0 Å². The number of nitrogens with zero attached hydrogens (tertiary/aromatic N) is 2. The SMILES string of the molecule is Oc1ccccc1-c1nc2ccccc2o1.Oc1ccccc1-c1nc2ccccc2o1. The summed E-state index contributed by atoms with van der Waals surface area (Å²) < 4.78 is 11.1. The molecule has 6 aromatic rings. The monoisotopic (exact) mass is 422 g/mol. The first kappa shape index (κ1) is 19.4. The van der Waals surface area contributed by atoms with Crippen molar-refractivity contribution in [1.82, 2.24) is 9.97 Å². The number of oxazole rings is 2. The van der Waals surface area contributed by atoms with Crippen molar-refractivity contribution in [3.63, 3.8) is 0 Å². The molecule has 6 nitrogen and oxygen atoms in total. The zero-order valence-electron chi connectivity index (χ0n) is 16.8. The number of hydrogen-bond donors (Lipinski definition) is 2. The van der Waals surface area contributed by atoms with Crippen LogP contribution >= 0.6 is 0 Å². The standard InChI is InChI=1S/2C13H9NO2/c2*15-11-7-3-1-5-9(11)13-14-10-6-2-4-8-12(10)16-13/h2*1-8,15H. The molecule has 2 N–H and O–H groups in total. The Kier molecular flexibility index (Phi) is 5.01. The van der Waals surface area contributed by atoms with Crippen LogP contribution in [0.5, 0.6) is 11.5 Å². The highest BCUT2D eigenvalue weighted by Gasteiger charge is 2.11. The molecule has 0 saturated heterocycles. The summed E-state index contributed by atoms with van der Waals surface area (Å²) in [5, 5.41) is 19.4. The van der Waals surface area contributed by atoms with E-state index in [9.17, 15) is 10.2 Å². The first-order valence-corrected chi connectivity index (χ1v) is 9.97. The summed E-state index contributed by atoms with van der Waals surface area (Å²) in [6, 6.07) is 29.0. The van der Waals surface area contributed by atoms with Gasteiger partial charge in [-0.2, -0.15) is 0 Å². The molecule has 0 aliphatic carbocycles. The normalized spacial score (nSPS) is 10.8. The molecule has 0 aliphatic rings. The molecule has 6 rings (SSSR count). The van der Waals surface area contributed by atoms with Crippen molar-refractivity contribution in [2.24, 2.45) is 0 Å². The average Bonchev–Trinajstić information content (AvgIpc) is 3.44. The van der Waals surface area contributed by atoms with Gasteiger partial charge >= 0.3 is 0 Å². The van der Waals surface area contributed by atoms with Crippen LogP contribution in [0.2, 0.25) is 0 Å². The van der Waals surface area contributed by atoms with Gasteiger partial charge in [-0.1, -0.05) is 48.5 Å². The molecule has 0 radical (unpaired) electrons. The molecule has 2 aromatic heterocycles. The van der Waals surface area contributed by atoms with E-state index in [1.165, 1.54) is 0 Å². The number of phenolic OH excluding ortho intramolecular Hbond substituents is 2. The summed E-state index contributed by atoms with van der Waals surface area (Å²) in [7, 11) is 0. The number of para-hydroxylation sites is 6. The van der Waals surface area contributed by atoms with E-state index in [4.69, 9.17) is 8.83 Å². The Labute approximate surface area is 183 Å². The third-order valence-corrected chi connectivity index (χ3v) is 4.86. The van der Waals surface area contributed by atoms with E-state index in [1.807, 2.05) is 60.7 Å².